The van der Waals surface area contributed by atoms with Gasteiger partial charge < -0.3 is 5.73 Å². The van der Waals surface area contributed by atoms with Crippen LogP contribution in [0.25, 0.3) is 0 Å². The number of hydrogen-bond acceptors (Lipinski definition) is 1. The minimum atomic E-state index is -4.14. The molecule has 0 aromatic carbocycles. The van der Waals surface area contributed by atoms with Crippen molar-refractivity contribution in [2.75, 3.05) is 0 Å². The second kappa shape index (κ2) is 2.78. The first kappa shape index (κ1) is 9.75. The Balaban J connectivity index is 3.89. The van der Waals surface area contributed by atoms with Gasteiger partial charge in [0.2, 0.25) is 0 Å². The molecule has 0 fully saturated rings. The van der Waals surface area contributed by atoms with Crippen LogP contribution in [0, 0.1) is 0 Å². The first-order chi connectivity index (χ1) is 4.27. The quantitative estimate of drug-likeness (QED) is 0.649. The zero-order chi connectivity index (χ0) is 8.41. The molecule has 1 atom stereocenters. The van der Waals surface area contributed by atoms with Crippen molar-refractivity contribution in [1.82, 2.24) is 0 Å². The van der Waals surface area contributed by atoms with E-state index in [1.165, 1.54) is 6.92 Å². The molecule has 1 nitrogen and oxygen atoms in total. The van der Waals surface area contributed by atoms with Crippen molar-refractivity contribution in [1.29, 1.82) is 0 Å². The van der Waals surface area contributed by atoms with Crippen LogP contribution in [0.3, 0.4) is 0 Å². The number of rotatable bonds is 2. The smallest absolute Gasteiger partial charge is 0.325 e. The second-order valence-electron chi connectivity index (χ2n) is 2.80. The summed E-state index contributed by atoms with van der Waals surface area (Å²) in [5.74, 6) is 0. The Morgan fingerprint density at radius 1 is 1.30 bits per heavy atom. The topological polar surface area (TPSA) is 26.0 Å². The maximum absolute atomic E-state index is 11.7. The van der Waals surface area contributed by atoms with Crippen molar-refractivity contribution in [3.8, 4) is 0 Å². The number of halogens is 3. The van der Waals surface area contributed by atoms with Gasteiger partial charge >= 0.3 is 6.18 Å². The largest absolute Gasteiger partial charge is 0.390 e. The summed E-state index contributed by atoms with van der Waals surface area (Å²) in [6.45, 7) is 3.05. The van der Waals surface area contributed by atoms with E-state index in [9.17, 15) is 13.2 Å². The van der Waals surface area contributed by atoms with E-state index in [0.29, 0.717) is 6.42 Å². The molecule has 0 aromatic rings. The van der Waals surface area contributed by atoms with Crippen molar-refractivity contribution in [3.05, 3.63) is 0 Å². The van der Waals surface area contributed by atoms with E-state index < -0.39 is 18.1 Å². The zero-order valence-corrected chi connectivity index (χ0v) is 6.13. The Kier molecular flexibility index (Phi) is 2.71. The molecule has 0 aliphatic rings. The Morgan fingerprint density at radius 2 is 1.70 bits per heavy atom. The molecule has 0 amide bonds. The summed E-state index contributed by atoms with van der Waals surface area (Å²) in [6.07, 6.45) is -4.71. The summed E-state index contributed by atoms with van der Waals surface area (Å²) >= 11 is 0. The summed E-state index contributed by atoms with van der Waals surface area (Å²) in [5.41, 5.74) is 4.18. The third-order valence-corrected chi connectivity index (χ3v) is 1.41. The highest BCUT2D eigenvalue weighted by atomic mass is 19.4. The normalized spacial score (nSPS) is 18.6. The van der Waals surface area contributed by atoms with E-state index in [1.54, 1.807) is 6.92 Å². The Hall–Kier alpha value is -0.250. The molecule has 0 radical (unpaired) electrons. The van der Waals surface area contributed by atoms with Crippen LogP contribution in [-0.4, -0.2) is 11.7 Å². The molecule has 2 N–H and O–H groups in total. The number of nitrogens with two attached hydrogens (primary N) is 1. The van der Waals surface area contributed by atoms with Crippen molar-refractivity contribution in [2.45, 2.75) is 38.4 Å². The Bertz CT molecular complexity index is 106. The molecule has 1 unspecified atom stereocenters. The van der Waals surface area contributed by atoms with Gasteiger partial charge in [0.15, 0.2) is 0 Å². The molecule has 0 spiro atoms. The van der Waals surface area contributed by atoms with Crippen LogP contribution in [-0.2, 0) is 0 Å². The fourth-order valence-corrected chi connectivity index (χ4v) is 0.583. The van der Waals surface area contributed by atoms with Crippen LogP contribution in [0.4, 0.5) is 13.2 Å². The maximum Gasteiger partial charge on any atom is 0.390 e. The first-order valence-corrected chi connectivity index (χ1v) is 3.12. The lowest BCUT2D eigenvalue weighted by atomic mass is 9.96. The van der Waals surface area contributed by atoms with Gasteiger partial charge in [-0.05, 0) is 13.3 Å². The van der Waals surface area contributed by atoms with Crippen molar-refractivity contribution >= 4 is 0 Å². The van der Waals surface area contributed by atoms with Crippen molar-refractivity contribution in [2.24, 2.45) is 5.73 Å². The molecule has 0 aromatic heterocycles. The SMILES string of the molecule is CCC(C)(N)CC(F)(F)F. The Morgan fingerprint density at radius 3 is 1.80 bits per heavy atom. The van der Waals surface area contributed by atoms with Crippen LogP contribution in [0.1, 0.15) is 26.7 Å². The van der Waals surface area contributed by atoms with Crippen LogP contribution in [0.15, 0.2) is 0 Å². The predicted molar refractivity (Wildman–Crippen MR) is 33.6 cm³/mol. The fourth-order valence-electron chi connectivity index (χ4n) is 0.583. The summed E-state index contributed by atoms with van der Waals surface area (Å²) in [4.78, 5) is 0. The lowest BCUT2D eigenvalue weighted by molar-refractivity contribution is -0.146. The maximum atomic E-state index is 11.7. The van der Waals surface area contributed by atoms with Crippen LogP contribution < -0.4 is 5.73 Å². The van der Waals surface area contributed by atoms with E-state index in [-0.39, 0.29) is 0 Å². The van der Waals surface area contributed by atoms with Crippen LogP contribution in [0.2, 0.25) is 0 Å². The molecule has 0 saturated heterocycles. The average molecular weight is 155 g/mol. The monoisotopic (exact) mass is 155 g/mol. The first-order valence-electron chi connectivity index (χ1n) is 3.12. The van der Waals surface area contributed by atoms with Gasteiger partial charge in [0.05, 0.1) is 6.42 Å². The van der Waals surface area contributed by atoms with Gasteiger partial charge in [0, 0.05) is 5.54 Å². The molecule has 0 saturated carbocycles. The third kappa shape index (κ3) is 4.61. The highest BCUT2D eigenvalue weighted by Gasteiger charge is 2.35. The van der Waals surface area contributed by atoms with E-state index in [2.05, 4.69) is 0 Å². The van der Waals surface area contributed by atoms with Gasteiger partial charge in [-0.25, -0.2) is 0 Å². The highest BCUT2D eigenvalue weighted by Crippen LogP contribution is 2.27. The lowest BCUT2D eigenvalue weighted by Crippen LogP contribution is -2.39. The van der Waals surface area contributed by atoms with Gasteiger partial charge in [0.1, 0.15) is 0 Å². The third-order valence-electron chi connectivity index (χ3n) is 1.41. The molecule has 0 aliphatic carbocycles. The van der Waals surface area contributed by atoms with Gasteiger partial charge in [-0.1, -0.05) is 6.92 Å². The molecular formula is C6H12F3N. The minimum absolute atomic E-state index is 0.340. The summed E-state index contributed by atoms with van der Waals surface area (Å²) in [5, 5.41) is 0. The summed E-state index contributed by atoms with van der Waals surface area (Å²) in [7, 11) is 0. The standard InChI is InChI=1S/C6H12F3N/c1-3-5(2,10)4-6(7,8)9/h3-4,10H2,1-2H3. The fraction of sp³-hybridized carbons (Fsp3) is 1.00. The van der Waals surface area contributed by atoms with E-state index in [0.717, 1.165) is 0 Å². The number of alkyl halides is 3. The van der Waals surface area contributed by atoms with E-state index in [1.807, 2.05) is 0 Å². The molecule has 4 heteroatoms. The Labute approximate surface area is 58.4 Å². The van der Waals surface area contributed by atoms with Gasteiger partial charge in [-0.3, -0.25) is 0 Å². The minimum Gasteiger partial charge on any atom is -0.325 e. The summed E-state index contributed by atoms with van der Waals surface area (Å²) in [6, 6.07) is 0. The van der Waals surface area contributed by atoms with E-state index in [4.69, 9.17) is 5.73 Å². The lowest BCUT2D eigenvalue weighted by Gasteiger charge is -2.23. The van der Waals surface area contributed by atoms with Gasteiger partial charge in [-0.15, -0.1) is 0 Å². The van der Waals surface area contributed by atoms with Gasteiger partial charge in [0.25, 0.3) is 0 Å². The predicted octanol–water partition coefficient (Wildman–Crippen LogP) is 2.07. The molecular weight excluding hydrogens is 143 g/mol. The van der Waals surface area contributed by atoms with Crippen LogP contribution >= 0.6 is 0 Å². The second-order valence-corrected chi connectivity index (χ2v) is 2.80. The molecule has 10 heavy (non-hydrogen) atoms. The van der Waals surface area contributed by atoms with E-state index >= 15 is 0 Å². The molecule has 0 aliphatic heterocycles. The molecule has 0 rings (SSSR count). The molecule has 0 heterocycles. The zero-order valence-electron chi connectivity index (χ0n) is 6.13. The summed E-state index contributed by atoms with van der Waals surface area (Å²) < 4.78 is 35.0. The van der Waals surface area contributed by atoms with Crippen molar-refractivity contribution < 1.29 is 13.2 Å². The number of hydrogen-bond donors (Lipinski definition) is 1. The highest BCUT2D eigenvalue weighted by molar-refractivity contribution is 4.79. The van der Waals surface area contributed by atoms with Crippen LogP contribution in [0.5, 0.6) is 0 Å². The molecule has 62 valence electrons. The van der Waals surface area contributed by atoms with Crippen molar-refractivity contribution in [3.63, 3.8) is 0 Å². The molecule has 0 bridgehead atoms. The average Bonchev–Trinajstić information content (AvgIpc) is 1.60. The van der Waals surface area contributed by atoms with Gasteiger partial charge in [-0.2, -0.15) is 13.2 Å².